The fraction of sp³-hybridized carbons (Fsp3) is 0.485. The van der Waals surface area contributed by atoms with Gasteiger partial charge in [0.15, 0.2) is 0 Å². The number of hydrogen-bond donors (Lipinski definition) is 2. The van der Waals surface area contributed by atoms with Gasteiger partial charge in [-0.1, -0.05) is 69.5 Å². The molecule has 4 aliphatic rings. The summed E-state index contributed by atoms with van der Waals surface area (Å²) < 4.78 is 11.9. The van der Waals surface area contributed by atoms with Gasteiger partial charge in [-0.3, -0.25) is 14.4 Å². The van der Waals surface area contributed by atoms with Gasteiger partial charge in [0.1, 0.15) is 17.4 Å². The molecule has 216 valence electrons. The van der Waals surface area contributed by atoms with Crippen LogP contribution in [0.4, 0.5) is 5.69 Å². The summed E-state index contributed by atoms with van der Waals surface area (Å²) in [4.78, 5) is 43.6. The van der Waals surface area contributed by atoms with Gasteiger partial charge in [0.25, 0.3) is 0 Å². The lowest BCUT2D eigenvalue weighted by Crippen LogP contribution is -2.56. The number of methoxy groups -OCH3 is 1. The molecule has 2 N–H and O–H groups in total. The molecule has 3 aliphatic heterocycles. The van der Waals surface area contributed by atoms with Crippen LogP contribution in [0.15, 0.2) is 60.7 Å². The molecule has 6 rings (SSSR count). The molecule has 2 aromatic rings. The first kappa shape index (κ1) is 27.5. The van der Waals surface area contributed by atoms with Gasteiger partial charge >= 0.3 is 0 Å². The maximum absolute atomic E-state index is 14.2. The number of benzene rings is 2. The van der Waals surface area contributed by atoms with E-state index in [0.29, 0.717) is 17.4 Å². The van der Waals surface area contributed by atoms with E-state index in [4.69, 9.17) is 9.47 Å². The van der Waals surface area contributed by atoms with Crippen molar-refractivity contribution in [2.45, 2.75) is 82.2 Å². The number of nitrogens with one attached hydrogen (secondary N) is 2. The highest BCUT2D eigenvalue weighted by atomic mass is 16.5. The first-order valence-corrected chi connectivity index (χ1v) is 14.8. The summed E-state index contributed by atoms with van der Waals surface area (Å²) in [6.07, 6.45) is 8.33. The highest BCUT2D eigenvalue weighted by Gasteiger charge is 2.72. The summed E-state index contributed by atoms with van der Waals surface area (Å²) in [6, 6.07) is 14.5. The molecule has 8 heteroatoms. The van der Waals surface area contributed by atoms with Gasteiger partial charge in [-0.05, 0) is 54.2 Å². The Kier molecular flexibility index (Phi) is 7.36. The average molecular weight is 558 g/mol. The van der Waals surface area contributed by atoms with Crippen molar-refractivity contribution in [3.63, 3.8) is 0 Å². The summed E-state index contributed by atoms with van der Waals surface area (Å²) in [7, 11) is 1.60. The first-order chi connectivity index (χ1) is 19.8. The smallest absolute Gasteiger partial charge is 0.246 e. The van der Waals surface area contributed by atoms with Crippen LogP contribution in [0.5, 0.6) is 5.75 Å². The summed E-state index contributed by atoms with van der Waals surface area (Å²) in [5, 5.41) is 6.25. The Morgan fingerprint density at radius 3 is 2.54 bits per heavy atom. The summed E-state index contributed by atoms with van der Waals surface area (Å²) in [6.45, 7) is 4.45. The number of amides is 3. The topological polar surface area (TPSA) is 97.0 Å². The molecule has 0 aromatic heterocycles. The first-order valence-electron chi connectivity index (χ1n) is 14.8. The van der Waals surface area contributed by atoms with Crippen molar-refractivity contribution in [3.8, 4) is 5.75 Å². The molecule has 2 bridgehead atoms. The van der Waals surface area contributed by atoms with Crippen molar-refractivity contribution in [1.29, 1.82) is 0 Å². The maximum atomic E-state index is 14.2. The largest absolute Gasteiger partial charge is 0.497 e. The maximum Gasteiger partial charge on any atom is 0.246 e. The van der Waals surface area contributed by atoms with Gasteiger partial charge in [-0.15, -0.1) is 0 Å². The molecule has 2 aromatic carbocycles. The predicted molar refractivity (Wildman–Crippen MR) is 155 cm³/mol. The number of hydrogen-bond acceptors (Lipinski definition) is 5. The monoisotopic (exact) mass is 557 g/mol. The Balaban J connectivity index is 1.30. The molecule has 0 radical (unpaired) electrons. The van der Waals surface area contributed by atoms with Crippen LogP contribution in [-0.4, -0.2) is 53.5 Å². The van der Waals surface area contributed by atoms with E-state index in [1.165, 1.54) is 12.0 Å². The van der Waals surface area contributed by atoms with E-state index in [-0.39, 0.29) is 30.3 Å². The van der Waals surface area contributed by atoms with E-state index in [9.17, 15) is 14.4 Å². The highest BCUT2D eigenvalue weighted by Crippen LogP contribution is 2.55. The Hall–Kier alpha value is -3.65. The quantitative estimate of drug-likeness (QED) is 0.464. The molecule has 1 aliphatic carbocycles. The van der Waals surface area contributed by atoms with Crippen LogP contribution in [0.2, 0.25) is 0 Å². The second-order valence-corrected chi connectivity index (χ2v) is 12.1. The van der Waals surface area contributed by atoms with Crippen molar-refractivity contribution >= 4 is 23.4 Å². The van der Waals surface area contributed by atoms with Crippen LogP contribution in [0.25, 0.3) is 0 Å². The van der Waals surface area contributed by atoms with Crippen molar-refractivity contribution in [3.05, 3.63) is 71.8 Å². The molecule has 5 atom stereocenters. The minimum absolute atomic E-state index is 0.0796. The number of nitrogens with zero attached hydrogens (tertiary/aromatic N) is 1. The highest BCUT2D eigenvalue weighted by molar-refractivity contribution is 6.02. The molecule has 3 amide bonds. The van der Waals surface area contributed by atoms with Gasteiger partial charge in [-0.2, -0.15) is 0 Å². The van der Waals surface area contributed by atoms with Crippen LogP contribution in [0, 0.1) is 11.8 Å². The molecule has 1 spiro atoms. The molecular formula is C33H39N3O5. The van der Waals surface area contributed by atoms with E-state index < -0.39 is 29.6 Å². The number of anilines is 1. The molecule has 0 unspecified atom stereocenters. The van der Waals surface area contributed by atoms with Gasteiger partial charge < -0.3 is 25.0 Å². The van der Waals surface area contributed by atoms with Gasteiger partial charge in [0, 0.05) is 18.3 Å². The fourth-order valence-corrected chi connectivity index (χ4v) is 7.11. The van der Waals surface area contributed by atoms with Gasteiger partial charge in [0.05, 0.1) is 25.0 Å². The minimum Gasteiger partial charge on any atom is -0.497 e. The lowest BCUT2D eigenvalue weighted by Gasteiger charge is -2.34. The SMILES string of the molecule is COc1cccc(CN2C(=O)[C@@H]3[C@@H](C(=O)Nc4ccc(C(C)C)cc4)[C@@H]4C=C[C@@]3(O4)[C@H]2C(=O)NC2CCCCC2)c1. The zero-order chi connectivity index (χ0) is 28.7. The van der Waals surface area contributed by atoms with Crippen molar-refractivity contribution < 1.29 is 23.9 Å². The molecule has 3 heterocycles. The molecular weight excluding hydrogens is 518 g/mol. The van der Waals surface area contributed by atoms with E-state index >= 15 is 0 Å². The molecule has 1 saturated carbocycles. The molecule has 41 heavy (non-hydrogen) atoms. The van der Waals surface area contributed by atoms with Crippen LogP contribution in [-0.2, 0) is 25.7 Å². The Morgan fingerprint density at radius 1 is 1.07 bits per heavy atom. The number of carbonyl (C=O) groups is 3. The Morgan fingerprint density at radius 2 is 1.83 bits per heavy atom. The Labute approximate surface area is 241 Å². The molecule has 3 fully saturated rings. The van der Waals surface area contributed by atoms with E-state index in [1.54, 1.807) is 12.0 Å². The number of ether oxygens (including phenoxy) is 2. The van der Waals surface area contributed by atoms with Crippen LogP contribution < -0.4 is 15.4 Å². The predicted octanol–water partition coefficient (Wildman–Crippen LogP) is 4.56. The van der Waals surface area contributed by atoms with E-state index in [1.807, 2.05) is 60.7 Å². The third-order valence-corrected chi connectivity index (χ3v) is 9.21. The second kappa shape index (κ2) is 11.0. The lowest BCUT2D eigenvalue weighted by molar-refractivity contribution is -0.142. The molecule has 2 saturated heterocycles. The standard InChI is InChI=1S/C33H39N3O5/c1-20(2)22-12-14-24(15-13-22)34-30(37)27-26-16-17-33(41-26)28(27)32(39)36(19-21-8-7-11-25(18-21)40-3)29(33)31(38)35-23-9-5-4-6-10-23/h7-8,11-18,20,23,26-29H,4-6,9-10,19H2,1-3H3,(H,34,37)(H,35,38)/t26-,27-,28-,29+,33-/m0/s1. The minimum atomic E-state index is -1.19. The van der Waals surface area contributed by atoms with Crippen molar-refractivity contribution in [2.24, 2.45) is 11.8 Å². The van der Waals surface area contributed by atoms with E-state index in [2.05, 4.69) is 24.5 Å². The third kappa shape index (κ3) is 4.92. The van der Waals surface area contributed by atoms with Crippen LogP contribution in [0.3, 0.4) is 0 Å². The Bertz CT molecular complexity index is 1350. The van der Waals surface area contributed by atoms with Crippen molar-refractivity contribution in [2.75, 3.05) is 12.4 Å². The normalized spacial score (nSPS) is 28.7. The fourth-order valence-electron chi connectivity index (χ4n) is 7.11. The third-order valence-electron chi connectivity index (χ3n) is 9.21. The number of rotatable bonds is 8. The van der Waals surface area contributed by atoms with Crippen molar-refractivity contribution in [1.82, 2.24) is 10.2 Å². The van der Waals surface area contributed by atoms with Gasteiger partial charge in [0.2, 0.25) is 17.7 Å². The van der Waals surface area contributed by atoms with Gasteiger partial charge in [-0.25, -0.2) is 0 Å². The molecule has 8 nitrogen and oxygen atoms in total. The lowest BCUT2D eigenvalue weighted by atomic mass is 9.74. The number of likely N-dealkylation sites (tertiary alicyclic amines) is 1. The number of fused-ring (bicyclic) bond motifs is 1. The summed E-state index contributed by atoms with van der Waals surface area (Å²) in [5.41, 5.74) is 1.50. The van der Waals surface area contributed by atoms with Crippen LogP contribution >= 0.6 is 0 Å². The average Bonchev–Trinajstić information content (AvgIpc) is 3.61. The van der Waals surface area contributed by atoms with E-state index in [0.717, 1.165) is 31.2 Å². The summed E-state index contributed by atoms with van der Waals surface area (Å²) in [5.74, 6) is -1.20. The van der Waals surface area contributed by atoms with Crippen LogP contribution in [0.1, 0.15) is 63.0 Å². The number of carbonyl (C=O) groups excluding carboxylic acids is 3. The zero-order valence-electron chi connectivity index (χ0n) is 24.0. The second-order valence-electron chi connectivity index (χ2n) is 12.1. The summed E-state index contributed by atoms with van der Waals surface area (Å²) >= 11 is 0. The zero-order valence-corrected chi connectivity index (χ0v) is 24.0.